The van der Waals surface area contributed by atoms with Gasteiger partial charge in [-0.1, -0.05) is 0 Å². The van der Waals surface area contributed by atoms with Crippen molar-refractivity contribution >= 4 is 5.91 Å². The molecule has 20 heavy (non-hydrogen) atoms. The topological polar surface area (TPSA) is 64.6 Å². The third kappa shape index (κ3) is 3.00. The highest BCUT2D eigenvalue weighted by molar-refractivity contribution is 5.77. The molecular formula is C14H19N3O3. The van der Waals surface area contributed by atoms with Gasteiger partial charge in [0.1, 0.15) is 6.10 Å². The van der Waals surface area contributed by atoms with Crippen LogP contribution >= 0.6 is 0 Å². The van der Waals surface area contributed by atoms with Crippen molar-refractivity contribution in [2.45, 2.75) is 31.8 Å². The van der Waals surface area contributed by atoms with Crippen LogP contribution in [0.1, 0.15) is 25.7 Å². The largest absolute Gasteiger partial charge is 0.477 e. The maximum atomic E-state index is 12.0. The number of likely N-dealkylation sites (tertiary alicyclic amines) is 1. The summed E-state index contributed by atoms with van der Waals surface area (Å²) in [6.07, 6.45) is 7.04. The molecule has 1 unspecified atom stereocenters. The summed E-state index contributed by atoms with van der Waals surface area (Å²) in [5.41, 5.74) is 0. The van der Waals surface area contributed by atoms with Gasteiger partial charge in [-0.3, -0.25) is 4.79 Å². The SMILES string of the molecule is COc1nccnc1OC1CCN(C(=O)CC2CC2)C1. The number of carbonyl (C=O) groups is 1. The van der Waals surface area contributed by atoms with Crippen molar-refractivity contribution in [3.05, 3.63) is 12.4 Å². The van der Waals surface area contributed by atoms with Crippen molar-refractivity contribution in [1.29, 1.82) is 0 Å². The molecular weight excluding hydrogens is 258 g/mol. The van der Waals surface area contributed by atoms with Crippen molar-refractivity contribution in [2.24, 2.45) is 5.92 Å². The third-order valence-corrected chi connectivity index (χ3v) is 3.76. The van der Waals surface area contributed by atoms with E-state index < -0.39 is 0 Å². The molecule has 2 heterocycles. The number of amides is 1. The van der Waals surface area contributed by atoms with Crippen molar-refractivity contribution in [2.75, 3.05) is 20.2 Å². The first kappa shape index (κ1) is 13.1. The molecule has 0 spiro atoms. The van der Waals surface area contributed by atoms with Gasteiger partial charge in [0.15, 0.2) is 0 Å². The summed E-state index contributed by atoms with van der Waals surface area (Å²) in [6, 6.07) is 0. The molecule has 1 amide bonds. The highest BCUT2D eigenvalue weighted by Gasteiger charge is 2.32. The van der Waals surface area contributed by atoms with Crippen molar-refractivity contribution in [3.63, 3.8) is 0 Å². The second-order valence-electron chi connectivity index (χ2n) is 5.39. The summed E-state index contributed by atoms with van der Waals surface area (Å²) in [5.74, 6) is 1.67. The molecule has 3 rings (SSSR count). The van der Waals surface area contributed by atoms with Gasteiger partial charge in [-0.2, -0.15) is 0 Å². The van der Waals surface area contributed by atoms with Crippen LogP contribution in [-0.4, -0.2) is 47.1 Å². The monoisotopic (exact) mass is 277 g/mol. The van der Waals surface area contributed by atoms with Gasteiger partial charge >= 0.3 is 0 Å². The van der Waals surface area contributed by atoms with Gasteiger partial charge in [-0.05, 0) is 18.8 Å². The number of aromatic nitrogens is 2. The number of hydrogen-bond acceptors (Lipinski definition) is 5. The Morgan fingerprint density at radius 1 is 1.30 bits per heavy atom. The molecule has 0 radical (unpaired) electrons. The average molecular weight is 277 g/mol. The third-order valence-electron chi connectivity index (χ3n) is 3.76. The molecule has 1 aromatic rings. The molecule has 2 aliphatic rings. The average Bonchev–Trinajstić information content (AvgIpc) is 3.15. The van der Waals surface area contributed by atoms with Crippen LogP contribution in [0, 0.1) is 5.92 Å². The van der Waals surface area contributed by atoms with Crippen LogP contribution < -0.4 is 9.47 Å². The number of ether oxygens (including phenoxy) is 2. The highest BCUT2D eigenvalue weighted by atomic mass is 16.5. The van der Waals surface area contributed by atoms with Crippen LogP contribution in [0.5, 0.6) is 11.8 Å². The zero-order valence-electron chi connectivity index (χ0n) is 11.6. The molecule has 0 aromatic carbocycles. The maximum absolute atomic E-state index is 12.0. The van der Waals surface area contributed by atoms with Gasteiger partial charge in [-0.25, -0.2) is 9.97 Å². The van der Waals surface area contributed by atoms with E-state index in [1.807, 2.05) is 4.90 Å². The van der Waals surface area contributed by atoms with Crippen molar-refractivity contribution in [3.8, 4) is 11.8 Å². The smallest absolute Gasteiger partial charge is 0.278 e. The fourth-order valence-electron chi connectivity index (χ4n) is 2.44. The molecule has 1 saturated carbocycles. The van der Waals surface area contributed by atoms with E-state index in [1.165, 1.54) is 20.0 Å². The normalized spacial score (nSPS) is 21.9. The van der Waals surface area contributed by atoms with Gasteiger partial charge in [-0.15, -0.1) is 0 Å². The quantitative estimate of drug-likeness (QED) is 0.811. The van der Waals surface area contributed by atoms with Crippen LogP contribution in [0.3, 0.4) is 0 Å². The molecule has 0 N–H and O–H groups in total. The lowest BCUT2D eigenvalue weighted by molar-refractivity contribution is -0.130. The second-order valence-corrected chi connectivity index (χ2v) is 5.39. The van der Waals surface area contributed by atoms with Gasteiger partial charge in [0.2, 0.25) is 5.91 Å². The first-order chi connectivity index (χ1) is 9.76. The van der Waals surface area contributed by atoms with Crippen LogP contribution in [0.25, 0.3) is 0 Å². The second kappa shape index (κ2) is 5.64. The molecule has 1 aliphatic heterocycles. The minimum absolute atomic E-state index is 0.0243. The molecule has 1 aliphatic carbocycles. The minimum Gasteiger partial charge on any atom is -0.477 e. The first-order valence-electron chi connectivity index (χ1n) is 7.05. The minimum atomic E-state index is -0.0243. The Morgan fingerprint density at radius 3 is 2.75 bits per heavy atom. The lowest BCUT2D eigenvalue weighted by atomic mass is 10.2. The Balaban J connectivity index is 1.55. The fraction of sp³-hybridized carbons (Fsp3) is 0.643. The zero-order valence-corrected chi connectivity index (χ0v) is 11.6. The molecule has 6 nitrogen and oxygen atoms in total. The molecule has 2 fully saturated rings. The fourth-order valence-corrected chi connectivity index (χ4v) is 2.44. The van der Waals surface area contributed by atoms with Crippen LogP contribution in [0.2, 0.25) is 0 Å². The zero-order chi connectivity index (χ0) is 13.9. The summed E-state index contributed by atoms with van der Waals surface area (Å²) in [7, 11) is 1.54. The van der Waals surface area contributed by atoms with E-state index in [9.17, 15) is 4.79 Å². The standard InChI is InChI=1S/C14H19N3O3/c1-19-13-14(16-6-5-15-13)20-11-4-7-17(9-11)12(18)8-10-2-3-10/h5-6,10-11H,2-4,7-9H2,1H3. The number of rotatable bonds is 5. The number of methoxy groups -OCH3 is 1. The molecule has 108 valence electrons. The lowest BCUT2D eigenvalue weighted by Crippen LogP contribution is -2.31. The van der Waals surface area contributed by atoms with Crippen LogP contribution in [-0.2, 0) is 4.79 Å². The summed E-state index contributed by atoms with van der Waals surface area (Å²) < 4.78 is 10.9. The van der Waals surface area contributed by atoms with E-state index in [2.05, 4.69) is 9.97 Å². The van der Waals surface area contributed by atoms with E-state index in [1.54, 1.807) is 12.4 Å². The highest BCUT2D eigenvalue weighted by Crippen LogP contribution is 2.33. The summed E-state index contributed by atoms with van der Waals surface area (Å²) in [5, 5.41) is 0. The predicted octanol–water partition coefficient (Wildman–Crippen LogP) is 1.26. The van der Waals surface area contributed by atoms with Gasteiger partial charge in [0, 0.05) is 31.8 Å². The Morgan fingerprint density at radius 2 is 2.05 bits per heavy atom. The Hall–Kier alpha value is -1.85. The number of carbonyl (C=O) groups excluding carboxylic acids is 1. The Kier molecular flexibility index (Phi) is 3.71. The van der Waals surface area contributed by atoms with Gasteiger partial charge in [0.05, 0.1) is 13.7 Å². The van der Waals surface area contributed by atoms with Crippen LogP contribution in [0.15, 0.2) is 12.4 Å². The van der Waals surface area contributed by atoms with Gasteiger partial charge in [0.25, 0.3) is 11.8 Å². The predicted molar refractivity (Wildman–Crippen MR) is 71.5 cm³/mol. The van der Waals surface area contributed by atoms with E-state index >= 15 is 0 Å². The van der Waals surface area contributed by atoms with E-state index in [0.717, 1.165) is 13.0 Å². The first-order valence-corrected chi connectivity index (χ1v) is 7.05. The molecule has 6 heteroatoms. The van der Waals surface area contributed by atoms with Crippen molar-refractivity contribution < 1.29 is 14.3 Å². The van der Waals surface area contributed by atoms with Gasteiger partial charge < -0.3 is 14.4 Å². The summed E-state index contributed by atoms with van der Waals surface area (Å²) >= 11 is 0. The molecule has 1 aromatic heterocycles. The van der Waals surface area contributed by atoms with E-state index in [-0.39, 0.29) is 12.0 Å². The Labute approximate surface area is 118 Å². The molecule has 0 bridgehead atoms. The number of nitrogens with zero attached hydrogens (tertiary/aromatic N) is 3. The lowest BCUT2D eigenvalue weighted by Gasteiger charge is -2.17. The van der Waals surface area contributed by atoms with Crippen molar-refractivity contribution in [1.82, 2.24) is 14.9 Å². The molecule has 1 atom stereocenters. The van der Waals surface area contributed by atoms with E-state index in [0.29, 0.717) is 30.6 Å². The maximum Gasteiger partial charge on any atom is 0.278 e. The van der Waals surface area contributed by atoms with E-state index in [4.69, 9.17) is 9.47 Å². The number of hydrogen-bond donors (Lipinski definition) is 0. The summed E-state index contributed by atoms with van der Waals surface area (Å²) in [6.45, 7) is 1.39. The Bertz CT molecular complexity index is 490. The molecule has 1 saturated heterocycles. The summed E-state index contributed by atoms with van der Waals surface area (Å²) in [4.78, 5) is 22.1. The van der Waals surface area contributed by atoms with Crippen LogP contribution in [0.4, 0.5) is 0 Å².